The Balaban J connectivity index is 1.96. The number of nitrogens with zero attached hydrogens (tertiary/aromatic N) is 2. The molecule has 2 nitrogen and oxygen atoms in total. The quantitative estimate of drug-likeness (QED) is 0.344. The molecule has 0 unspecified atom stereocenters. The van der Waals surface area contributed by atoms with Gasteiger partial charge in [-0.2, -0.15) is 0 Å². The summed E-state index contributed by atoms with van der Waals surface area (Å²) < 4.78 is 0. The normalized spacial score (nSPS) is 11.1. The molecule has 5 aromatic rings. The Bertz CT molecular complexity index is 1260. The Hall–Kier alpha value is -3.52. The largest absolute Gasteiger partial charge is 0.233 e. The molecule has 128 valence electrons. The van der Waals surface area contributed by atoms with E-state index in [1.807, 2.05) is 13.0 Å². The molecule has 1 heterocycles. The summed E-state index contributed by atoms with van der Waals surface area (Å²) in [6.45, 7) is 1.96. The van der Waals surface area contributed by atoms with E-state index in [0.717, 1.165) is 33.4 Å². The Morgan fingerprint density at radius 1 is 0.556 bits per heavy atom. The molecule has 0 atom stereocenters. The highest BCUT2D eigenvalue weighted by molar-refractivity contribution is 6.14. The summed E-state index contributed by atoms with van der Waals surface area (Å²) in [6, 6.07) is 31.6. The molecular formula is C25H18N2. The fourth-order valence-corrected chi connectivity index (χ4v) is 3.74. The Morgan fingerprint density at radius 3 is 1.85 bits per heavy atom. The minimum absolute atomic E-state index is 0.791. The van der Waals surface area contributed by atoms with Crippen LogP contribution in [0.15, 0.2) is 91.0 Å². The zero-order valence-corrected chi connectivity index (χ0v) is 15.1. The summed E-state index contributed by atoms with van der Waals surface area (Å²) in [5.74, 6) is 0.791. The van der Waals surface area contributed by atoms with E-state index in [1.54, 1.807) is 0 Å². The number of aromatic nitrogens is 2. The van der Waals surface area contributed by atoms with Crippen LogP contribution in [0.3, 0.4) is 0 Å². The molecule has 27 heavy (non-hydrogen) atoms. The number of hydrogen-bond acceptors (Lipinski definition) is 2. The van der Waals surface area contributed by atoms with Crippen LogP contribution in [0, 0.1) is 6.92 Å². The molecule has 0 radical (unpaired) electrons. The van der Waals surface area contributed by atoms with Gasteiger partial charge in [0.1, 0.15) is 5.82 Å². The van der Waals surface area contributed by atoms with Crippen molar-refractivity contribution in [2.45, 2.75) is 6.92 Å². The lowest BCUT2D eigenvalue weighted by atomic mass is 9.94. The van der Waals surface area contributed by atoms with Crippen molar-refractivity contribution in [2.24, 2.45) is 0 Å². The third-order valence-electron chi connectivity index (χ3n) is 4.95. The number of rotatable bonds is 2. The van der Waals surface area contributed by atoms with Crippen LogP contribution in [0.5, 0.6) is 0 Å². The molecule has 5 rings (SSSR count). The molecule has 0 saturated carbocycles. The highest BCUT2D eigenvalue weighted by Crippen LogP contribution is 2.37. The predicted octanol–water partition coefficient (Wildman–Crippen LogP) is 6.43. The van der Waals surface area contributed by atoms with Crippen molar-refractivity contribution in [2.75, 3.05) is 0 Å². The number of benzene rings is 4. The molecule has 0 fully saturated rings. The molecule has 0 aliphatic heterocycles. The van der Waals surface area contributed by atoms with Crippen molar-refractivity contribution in [1.29, 1.82) is 0 Å². The van der Waals surface area contributed by atoms with Gasteiger partial charge in [0.15, 0.2) is 0 Å². The smallest absolute Gasteiger partial charge is 0.126 e. The van der Waals surface area contributed by atoms with Gasteiger partial charge in [-0.3, -0.25) is 0 Å². The van der Waals surface area contributed by atoms with Crippen LogP contribution in [-0.4, -0.2) is 9.97 Å². The van der Waals surface area contributed by atoms with E-state index in [4.69, 9.17) is 9.97 Å². The lowest BCUT2D eigenvalue weighted by Crippen LogP contribution is -1.96. The van der Waals surface area contributed by atoms with Gasteiger partial charge < -0.3 is 0 Å². The first-order chi connectivity index (χ1) is 13.3. The van der Waals surface area contributed by atoms with E-state index in [1.165, 1.54) is 16.5 Å². The molecule has 0 saturated heterocycles. The van der Waals surface area contributed by atoms with E-state index >= 15 is 0 Å². The van der Waals surface area contributed by atoms with Crippen LogP contribution in [0.2, 0.25) is 0 Å². The lowest BCUT2D eigenvalue weighted by molar-refractivity contribution is 1.10. The van der Waals surface area contributed by atoms with Gasteiger partial charge in [-0.05, 0) is 29.5 Å². The predicted molar refractivity (Wildman–Crippen MR) is 113 cm³/mol. The van der Waals surface area contributed by atoms with E-state index in [9.17, 15) is 0 Å². The summed E-state index contributed by atoms with van der Waals surface area (Å²) in [4.78, 5) is 9.62. The molecule has 1 aromatic heterocycles. The van der Waals surface area contributed by atoms with Gasteiger partial charge in [-0.1, -0.05) is 84.9 Å². The second-order valence-electron chi connectivity index (χ2n) is 6.72. The van der Waals surface area contributed by atoms with Crippen molar-refractivity contribution < 1.29 is 0 Å². The van der Waals surface area contributed by atoms with E-state index in [0.29, 0.717) is 0 Å². The molecule has 4 aromatic carbocycles. The van der Waals surface area contributed by atoms with Gasteiger partial charge in [0.25, 0.3) is 0 Å². The van der Waals surface area contributed by atoms with Crippen LogP contribution in [-0.2, 0) is 0 Å². The SMILES string of the molecule is Cc1nc(-c2ccccc2)c2cc(-c3ccccc3)c3ccccc3c2n1. The monoisotopic (exact) mass is 346 g/mol. The first-order valence-electron chi connectivity index (χ1n) is 9.12. The van der Waals surface area contributed by atoms with Crippen molar-refractivity contribution >= 4 is 21.7 Å². The molecular weight excluding hydrogens is 328 g/mol. The zero-order chi connectivity index (χ0) is 18.2. The standard InChI is InChI=1S/C25H18N2/c1-17-26-24(19-12-6-3-7-13-19)23-16-22(18-10-4-2-5-11-18)20-14-8-9-15-21(20)25(23)27-17/h2-16H,1H3. The van der Waals surface area contributed by atoms with Crippen LogP contribution < -0.4 is 0 Å². The average molecular weight is 346 g/mol. The highest BCUT2D eigenvalue weighted by atomic mass is 14.9. The molecule has 0 N–H and O–H groups in total. The molecule has 0 amide bonds. The highest BCUT2D eigenvalue weighted by Gasteiger charge is 2.14. The van der Waals surface area contributed by atoms with Crippen LogP contribution in [0.25, 0.3) is 44.1 Å². The average Bonchev–Trinajstić information content (AvgIpc) is 2.74. The van der Waals surface area contributed by atoms with Gasteiger partial charge in [0, 0.05) is 16.3 Å². The van der Waals surface area contributed by atoms with Crippen LogP contribution in [0.4, 0.5) is 0 Å². The van der Waals surface area contributed by atoms with Crippen LogP contribution in [0.1, 0.15) is 5.82 Å². The maximum Gasteiger partial charge on any atom is 0.126 e. The van der Waals surface area contributed by atoms with Crippen LogP contribution >= 0.6 is 0 Å². The summed E-state index contributed by atoms with van der Waals surface area (Å²) >= 11 is 0. The van der Waals surface area contributed by atoms with Crippen molar-refractivity contribution in [3.8, 4) is 22.4 Å². The third-order valence-corrected chi connectivity index (χ3v) is 4.95. The number of hydrogen-bond donors (Lipinski definition) is 0. The Labute approximate surface area is 158 Å². The summed E-state index contributed by atoms with van der Waals surface area (Å²) in [6.07, 6.45) is 0. The van der Waals surface area contributed by atoms with E-state index in [2.05, 4.69) is 84.9 Å². The van der Waals surface area contributed by atoms with E-state index < -0.39 is 0 Å². The Morgan fingerprint density at radius 2 is 1.15 bits per heavy atom. The molecule has 0 spiro atoms. The van der Waals surface area contributed by atoms with Gasteiger partial charge in [0.2, 0.25) is 0 Å². The molecule has 0 aliphatic carbocycles. The fraction of sp³-hybridized carbons (Fsp3) is 0.0400. The maximum absolute atomic E-state index is 4.81. The van der Waals surface area contributed by atoms with Gasteiger partial charge in [0.05, 0.1) is 11.2 Å². The fourth-order valence-electron chi connectivity index (χ4n) is 3.74. The molecule has 2 heteroatoms. The van der Waals surface area contributed by atoms with Gasteiger partial charge >= 0.3 is 0 Å². The first kappa shape index (κ1) is 15.7. The molecule has 0 aliphatic rings. The van der Waals surface area contributed by atoms with Crippen molar-refractivity contribution in [3.63, 3.8) is 0 Å². The topological polar surface area (TPSA) is 25.8 Å². The maximum atomic E-state index is 4.81. The summed E-state index contributed by atoms with van der Waals surface area (Å²) in [5.41, 5.74) is 5.53. The number of aryl methyl sites for hydroxylation is 1. The number of fused-ring (bicyclic) bond motifs is 3. The first-order valence-corrected chi connectivity index (χ1v) is 9.12. The molecule has 0 bridgehead atoms. The van der Waals surface area contributed by atoms with Crippen molar-refractivity contribution in [1.82, 2.24) is 9.97 Å². The zero-order valence-electron chi connectivity index (χ0n) is 15.1. The third kappa shape index (κ3) is 2.67. The Kier molecular flexibility index (Phi) is 3.68. The lowest BCUT2D eigenvalue weighted by Gasteiger charge is -2.14. The van der Waals surface area contributed by atoms with Gasteiger partial charge in [-0.25, -0.2) is 9.97 Å². The van der Waals surface area contributed by atoms with E-state index in [-0.39, 0.29) is 0 Å². The minimum Gasteiger partial charge on any atom is -0.233 e. The summed E-state index contributed by atoms with van der Waals surface area (Å²) in [5, 5.41) is 3.47. The second-order valence-corrected chi connectivity index (χ2v) is 6.72. The van der Waals surface area contributed by atoms with Crippen molar-refractivity contribution in [3.05, 3.63) is 96.8 Å². The van der Waals surface area contributed by atoms with Gasteiger partial charge in [-0.15, -0.1) is 0 Å². The summed E-state index contributed by atoms with van der Waals surface area (Å²) in [7, 11) is 0. The second kappa shape index (κ2) is 6.33. The minimum atomic E-state index is 0.791.